The summed E-state index contributed by atoms with van der Waals surface area (Å²) in [5.41, 5.74) is -0.232. The van der Waals surface area contributed by atoms with E-state index >= 15 is 0 Å². The number of nitrogens with one attached hydrogen (secondary N) is 1. The van der Waals surface area contributed by atoms with Gasteiger partial charge in [-0.25, -0.2) is 14.0 Å². The number of halogens is 2. The number of carboxylic acid groups (broad SMARTS) is 1. The van der Waals surface area contributed by atoms with Crippen LogP contribution in [0.1, 0.15) is 26.3 Å². The third kappa shape index (κ3) is 7.30. The van der Waals surface area contributed by atoms with E-state index in [9.17, 15) is 14.0 Å². The van der Waals surface area contributed by atoms with Crippen LogP contribution >= 0.6 is 11.6 Å². The maximum atomic E-state index is 12.9. The van der Waals surface area contributed by atoms with E-state index in [2.05, 4.69) is 5.32 Å². The molecule has 0 saturated heterocycles. The second-order valence-corrected chi connectivity index (χ2v) is 6.20. The van der Waals surface area contributed by atoms with Crippen LogP contribution in [0, 0.1) is 5.82 Å². The highest BCUT2D eigenvalue weighted by Crippen LogP contribution is 2.18. The van der Waals surface area contributed by atoms with Crippen molar-refractivity contribution in [3.63, 3.8) is 0 Å². The highest BCUT2D eigenvalue weighted by molar-refractivity contribution is 6.31. The maximum Gasteiger partial charge on any atom is 0.408 e. The molecule has 1 amide bonds. The van der Waals surface area contributed by atoms with Gasteiger partial charge >= 0.3 is 12.1 Å². The van der Waals surface area contributed by atoms with Crippen LogP contribution in [-0.4, -0.2) is 35.4 Å². The Morgan fingerprint density at radius 1 is 1.39 bits per heavy atom. The lowest BCUT2D eigenvalue weighted by Crippen LogP contribution is -2.46. The van der Waals surface area contributed by atoms with Gasteiger partial charge in [0.1, 0.15) is 11.4 Å². The summed E-state index contributed by atoms with van der Waals surface area (Å²) in [5, 5.41) is 11.5. The predicted molar refractivity (Wildman–Crippen MR) is 81.9 cm³/mol. The number of carbonyl (C=O) groups is 2. The second kappa shape index (κ2) is 8.12. The molecule has 0 saturated carbocycles. The Balaban J connectivity index is 2.53. The zero-order chi connectivity index (χ0) is 17.6. The summed E-state index contributed by atoms with van der Waals surface area (Å²) < 4.78 is 23.1. The third-order valence-corrected chi connectivity index (χ3v) is 2.90. The number of hydrogen-bond acceptors (Lipinski definition) is 4. The van der Waals surface area contributed by atoms with Crippen molar-refractivity contribution < 1.29 is 28.6 Å². The van der Waals surface area contributed by atoms with Crippen molar-refractivity contribution in [2.45, 2.75) is 39.0 Å². The Kier molecular flexibility index (Phi) is 6.78. The van der Waals surface area contributed by atoms with E-state index in [4.69, 9.17) is 26.2 Å². The summed E-state index contributed by atoms with van der Waals surface area (Å²) in [4.78, 5) is 22.7. The largest absolute Gasteiger partial charge is 0.480 e. The summed E-state index contributed by atoms with van der Waals surface area (Å²) in [6, 6.07) is 2.52. The quantitative estimate of drug-likeness (QED) is 0.826. The summed E-state index contributed by atoms with van der Waals surface area (Å²) in [6.45, 7) is 4.68. The number of ether oxygens (including phenoxy) is 2. The van der Waals surface area contributed by atoms with Crippen LogP contribution in [0.2, 0.25) is 5.02 Å². The molecule has 1 unspecified atom stereocenters. The summed E-state index contributed by atoms with van der Waals surface area (Å²) >= 11 is 5.84. The van der Waals surface area contributed by atoms with E-state index in [1.807, 2.05) is 0 Å². The van der Waals surface area contributed by atoms with E-state index in [0.717, 1.165) is 6.07 Å². The molecule has 1 aromatic rings. The molecule has 0 bridgehead atoms. The molecule has 23 heavy (non-hydrogen) atoms. The van der Waals surface area contributed by atoms with Gasteiger partial charge in [0.25, 0.3) is 0 Å². The molecule has 0 fully saturated rings. The van der Waals surface area contributed by atoms with Gasteiger partial charge < -0.3 is 19.9 Å². The molecule has 128 valence electrons. The first kappa shape index (κ1) is 19.2. The van der Waals surface area contributed by atoms with Crippen LogP contribution in [0.5, 0.6) is 0 Å². The molecular formula is C15H19ClFNO5. The first-order valence-corrected chi connectivity index (χ1v) is 7.20. The van der Waals surface area contributed by atoms with E-state index in [0.29, 0.717) is 5.56 Å². The van der Waals surface area contributed by atoms with Gasteiger partial charge in [-0.2, -0.15) is 0 Å². The van der Waals surface area contributed by atoms with E-state index in [1.54, 1.807) is 20.8 Å². The fourth-order valence-corrected chi connectivity index (χ4v) is 1.77. The van der Waals surface area contributed by atoms with Crippen molar-refractivity contribution in [3.8, 4) is 0 Å². The van der Waals surface area contributed by atoms with Crippen molar-refractivity contribution in [3.05, 3.63) is 34.6 Å². The number of hydrogen-bond donors (Lipinski definition) is 2. The summed E-state index contributed by atoms with van der Waals surface area (Å²) in [5.74, 6) is -1.74. The van der Waals surface area contributed by atoms with Crippen molar-refractivity contribution in [1.82, 2.24) is 5.32 Å². The van der Waals surface area contributed by atoms with Crippen molar-refractivity contribution in [1.29, 1.82) is 0 Å². The SMILES string of the molecule is CC(C)(C)OC(=O)NC(COCc1ccc(F)cc1Cl)C(=O)O. The van der Waals surface area contributed by atoms with Gasteiger partial charge in [-0.15, -0.1) is 0 Å². The normalized spacial score (nSPS) is 12.6. The molecule has 0 heterocycles. The highest BCUT2D eigenvalue weighted by Gasteiger charge is 2.24. The van der Waals surface area contributed by atoms with Crippen molar-refractivity contribution in [2.24, 2.45) is 0 Å². The molecule has 1 rings (SSSR count). The minimum atomic E-state index is -1.27. The minimum absolute atomic E-state index is 0.0150. The Bertz CT molecular complexity index is 573. The third-order valence-electron chi connectivity index (χ3n) is 2.55. The molecule has 2 N–H and O–H groups in total. The molecule has 0 aliphatic carbocycles. The molecule has 8 heteroatoms. The fraction of sp³-hybridized carbons (Fsp3) is 0.467. The van der Waals surface area contributed by atoms with Crippen LogP contribution in [0.4, 0.5) is 9.18 Å². The smallest absolute Gasteiger partial charge is 0.408 e. The lowest BCUT2D eigenvalue weighted by Gasteiger charge is -2.22. The number of amides is 1. The van der Waals surface area contributed by atoms with Crippen LogP contribution in [0.15, 0.2) is 18.2 Å². The number of carboxylic acids is 1. The van der Waals surface area contributed by atoms with E-state index in [-0.39, 0.29) is 18.2 Å². The van der Waals surface area contributed by atoms with Gasteiger partial charge in [0, 0.05) is 5.02 Å². The van der Waals surface area contributed by atoms with Gasteiger partial charge in [0.05, 0.1) is 13.2 Å². The van der Waals surface area contributed by atoms with Crippen molar-refractivity contribution in [2.75, 3.05) is 6.61 Å². The first-order valence-electron chi connectivity index (χ1n) is 6.82. The molecule has 1 aromatic carbocycles. The fourth-order valence-electron chi connectivity index (χ4n) is 1.55. The Hall–Kier alpha value is -1.86. The number of aliphatic carboxylic acids is 1. The number of carbonyl (C=O) groups excluding carboxylic acids is 1. The standard InChI is InChI=1S/C15H19ClFNO5/c1-15(2,3)23-14(21)18-12(13(19)20)8-22-7-9-4-5-10(17)6-11(9)16/h4-6,12H,7-8H2,1-3H3,(H,18,21)(H,19,20). The first-order chi connectivity index (χ1) is 10.6. The summed E-state index contributed by atoms with van der Waals surface area (Å²) in [7, 11) is 0. The highest BCUT2D eigenvalue weighted by atomic mass is 35.5. The van der Waals surface area contributed by atoms with Crippen LogP contribution in [0.3, 0.4) is 0 Å². The zero-order valence-corrected chi connectivity index (χ0v) is 13.8. The lowest BCUT2D eigenvalue weighted by atomic mass is 10.2. The molecule has 0 aliphatic rings. The van der Waals surface area contributed by atoms with Crippen LogP contribution < -0.4 is 5.32 Å². The number of benzene rings is 1. The molecule has 0 aliphatic heterocycles. The van der Waals surface area contributed by atoms with Crippen LogP contribution in [-0.2, 0) is 20.9 Å². The van der Waals surface area contributed by atoms with Crippen LogP contribution in [0.25, 0.3) is 0 Å². The molecule has 0 radical (unpaired) electrons. The van der Waals surface area contributed by atoms with Gasteiger partial charge in [0.2, 0.25) is 0 Å². The second-order valence-electron chi connectivity index (χ2n) is 5.79. The summed E-state index contributed by atoms with van der Waals surface area (Å²) in [6.07, 6.45) is -0.853. The molecule has 1 atom stereocenters. The average molecular weight is 348 g/mol. The topological polar surface area (TPSA) is 84.9 Å². The van der Waals surface area contributed by atoms with E-state index < -0.39 is 29.5 Å². The Morgan fingerprint density at radius 3 is 2.57 bits per heavy atom. The minimum Gasteiger partial charge on any atom is -0.480 e. The molecule has 0 aromatic heterocycles. The van der Waals surface area contributed by atoms with Crippen molar-refractivity contribution >= 4 is 23.7 Å². The Morgan fingerprint density at radius 2 is 2.04 bits per heavy atom. The molecule has 6 nitrogen and oxygen atoms in total. The number of alkyl carbamates (subject to hydrolysis) is 1. The predicted octanol–water partition coefficient (Wildman–Crippen LogP) is 2.97. The van der Waals surface area contributed by atoms with Gasteiger partial charge in [-0.3, -0.25) is 0 Å². The molecule has 0 spiro atoms. The monoisotopic (exact) mass is 347 g/mol. The Labute approximate surface area is 138 Å². The van der Waals surface area contributed by atoms with Gasteiger partial charge in [0.15, 0.2) is 6.04 Å². The average Bonchev–Trinajstić information content (AvgIpc) is 2.37. The number of rotatable bonds is 6. The van der Waals surface area contributed by atoms with E-state index in [1.165, 1.54) is 12.1 Å². The maximum absolute atomic E-state index is 12.9. The lowest BCUT2D eigenvalue weighted by molar-refractivity contribution is -0.141. The molecular weight excluding hydrogens is 329 g/mol. The zero-order valence-electron chi connectivity index (χ0n) is 13.1. The van der Waals surface area contributed by atoms with Gasteiger partial charge in [-0.05, 0) is 38.5 Å². The van der Waals surface area contributed by atoms with Gasteiger partial charge in [-0.1, -0.05) is 17.7 Å².